The summed E-state index contributed by atoms with van der Waals surface area (Å²) in [6.07, 6.45) is 3.07. The molecule has 1 N–H and O–H groups in total. The summed E-state index contributed by atoms with van der Waals surface area (Å²) in [4.78, 5) is 43.0. The third-order valence-electron chi connectivity index (χ3n) is 6.16. The Kier molecular flexibility index (Phi) is 5.45. The predicted molar refractivity (Wildman–Crippen MR) is 124 cm³/mol. The summed E-state index contributed by atoms with van der Waals surface area (Å²) < 4.78 is 12.8. The number of rotatable bonds is 7. The van der Waals surface area contributed by atoms with Crippen molar-refractivity contribution in [3.63, 3.8) is 0 Å². The molecule has 0 saturated carbocycles. The van der Waals surface area contributed by atoms with Crippen molar-refractivity contribution in [1.29, 1.82) is 0 Å². The van der Waals surface area contributed by atoms with E-state index < -0.39 is 6.17 Å². The van der Waals surface area contributed by atoms with Gasteiger partial charge in [0.15, 0.2) is 11.5 Å². The zero-order valence-corrected chi connectivity index (χ0v) is 18.9. The Morgan fingerprint density at radius 1 is 0.971 bits per heavy atom. The number of nitrogens with zero attached hydrogens (tertiary/aromatic N) is 3. The maximum atomic E-state index is 13.6. The summed E-state index contributed by atoms with van der Waals surface area (Å²) in [5.74, 6) is -0.202. The molecule has 0 fully saturated rings. The van der Waals surface area contributed by atoms with Crippen molar-refractivity contribution < 1.29 is 23.9 Å². The molecule has 3 aromatic rings. The van der Waals surface area contributed by atoms with Gasteiger partial charge < -0.3 is 24.3 Å². The summed E-state index contributed by atoms with van der Waals surface area (Å²) in [6, 6.07) is 14.2. The van der Waals surface area contributed by atoms with Gasteiger partial charge in [-0.3, -0.25) is 19.3 Å². The molecule has 174 valence electrons. The Morgan fingerprint density at radius 2 is 1.74 bits per heavy atom. The Morgan fingerprint density at radius 3 is 2.47 bits per heavy atom. The van der Waals surface area contributed by atoms with Crippen LogP contribution >= 0.6 is 0 Å². The van der Waals surface area contributed by atoms with E-state index in [0.29, 0.717) is 47.0 Å². The molecule has 1 aromatic heterocycles. The standard InChI is InChI=1S/C25H24N4O5/c1-33-19-10-9-17-21(22(19)34-2)25(32)29-18-8-4-3-7-16(18)24(31)28(23(17)29)15-20(30)26-11-14-27-12-5-6-13-27/h3-10,12-13,23H,11,14-15H2,1-2H3,(H,26,30)/t23-/m1/s1. The molecule has 0 bridgehead atoms. The first-order valence-electron chi connectivity index (χ1n) is 10.9. The van der Waals surface area contributed by atoms with Crippen LogP contribution in [0.5, 0.6) is 11.5 Å². The van der Waals surface area contributed by atoms with E-state index in [0.717, 1.165) is 0 Å². The van der Waals surface area contributed by atoms with E-state index in [-0.39, 0.29) is 24.3 Å². The summed E-state index contributed by atoms with van der Waals surface area (Å²) in [5, 5.41) is 2.87. The van der Waals surface area contributed by atoms with Gasteiger partial charge in [0.1, 0.15) is 12.7 Å². The number of hydrogen-bond donors (Lipinski definition) is 1. The van der Waals surface area contributed by atoms with Gasteiger partial charge in [-0.25, -0.2) is 0 Å². The second kappa shape index (κ2) is 8.58. The summed E-state index contributed by atoms with van der Waals surface area (Å²) in [6.45, 7) is 0.839. The lowest BCUT2D eigenvalue weighted by Gasteiger charge is -2.40. The number of para-hydroxylation sites is 1. The highest BCUT2D eigenvalue weighted by molar-refractivity contribution is 6.18. The number of ether oxygens (including phenoxy) is 2. The molecule has 9 nitrogen and oxygen atoms in total. The maximum Gasteiger partial charge on any atom is 0.264 e. The normalized spacial score (nSPS) is 16.1. The molecule has 3 amide bonds. The Bertz CT molecular complexity index is 1270. The van der Waals surface area contributed by atoms with Crippen LogP contribution in [-0.2, 0) is 11.3 Å². The zero-order chi connectivity index (χ0) is 23.8. The van der Waals surface area contributed by atoms with Crippen molar-refractivity contribution in [2.24, 2.45) is 0 Å². The summed E-state index contributed by atoms with van der Waals surface area (Å²) in [7, 11) is 2.97. The monoisotopic (exact) mass is 460 g/mol. The van der Waals surface area contributed by atoms with Crippen LogP contribution in [0.4, 0.5) is 5.69 Å². The SMILES string of the molecule is COc1ccc2c(c1OC)C(=O)N1c3ccccc3C(=O)N(CC(=O)NCCn3cccc3)[C@@H]21. The molecule has 3 heterocycles. The van der Waals surface area contributed by atoms with E-state index in [1.807, 2.05) is 29.1 Å². The lowest BCUT2D eigenvalue weighted by Crippen LogP contribution is -2.51. The minimum atomic E-state index is -0.764. The van der Waals surface area contributed by atoms with Gasteiger partial charge in [-0.15, -0.1) is 0 Å². The van der Waals surface area contributed by atoms with Crippen molar-refractivity contribution in [3.05, 3.63) is 77.6 Å². The maximum absolute atomic E-state index is 13.6. The minimum Gasteiger partial charge on any atom is -0.493 e. The quantitative estimate of drug-likeness (QED) is 0.585. The van der Waals surface area contributed by atoms with Crippen molar-refractivity contribution in [2.45, 2.75) is 12.7 Å². The van der Waals surface area contributed by atoms with Crippen LogP contribution in [0.3, 0.4) is 0 Å². The molecule has 2 aromatic carbocycles. The highest BCUT2D eigenvalue weighted by Gasteiger charge is 2.50. The van der Waals surface area contributed by atoms with E-state index in [2.05, 4.69) is 5.32 Å². The minimum absolute atomic E-state index is 0.193. The number of benzene rings is 2. The molecular weight excluding hydrogens is 436 g/mol. The van der Waals surface area contributed by atoms with E-state index >= 15 is 0 Å². The van der Waals surface area contributed by atoms with Crippen LogP contribution in [0.2, 0.25) is 0 Å². The van der Waals surface area contributed by atoms with Crippen LogP contribution in [-0.4, -0.2) is 54.5 Å². The molecule has 5 rings (SSSR count). The van der Waals surface area contributed by atoms with Gasteiger partial charge in [-0.2, -0.15) is 0 Å². The Balaban J connectivity index is 1.50. The van der Waals surface area contributed by atoms with Gasteiger partial charge in [0.05, 0.1) is 31.0 Å². The molecule has 34 heavy (non-hydrogen) atoms. The van der Waals surface area contributed by atoms with E-state index in [1.54, 1.807) is 41.3 Å². The Hall–Kier alpha value is -4.27. The van der Waals surface area contributed by atoms with Crippen molar-refractivity contribution in [1.82, 2.24) is 14.8 Å². The van der Waals surface area contributed by atoms with E-state index in [4.69, 9.17) is 9.47 Å². The number of nitrogens with one attached hydrogen (secondary N) is 1. The van der Waals surface area contributed by atoms with E-state index in [9.17, 15) is 14.4 Å². The lowest BCUT2D eigenvalue weighted by atomic mass is 10.0. The van der Waals surface area contributed by atoms with Crippen molar-refractivity contribution in [3.8, 4) is 11.5 Å². The van der Waals surface area contributed by atoms with Crippen molar-refractivity contribution >= 4 is 23.4 Å². The summed E-state index contributed by atoms with van der Waals surface area (Å²) in [5.41, 5.74) is 1.79. The van der Waals surface area contributed by atoms with Crippen LogP contribution in [0.15, 0.2) is 60.9 Å². The highest BCUT2D eigenvalue weighted by Crippen LogP contribution is 2.49. The third kappa shape index (κ3) is 3.37. The molecule has 2 aliphatic rings. The van der Waals surface area contributed by atoms with Crippen LogP contribution in [0, 0.1) is 0 Å². The number of aromatic nitrogens is 1. The Labute approximate surface area is 196 Å². The first-order chi connectivity index (χ1) is 16.5. The molecule has 9 heteroatoms. The molecule has 0 spiro atoms. The van der Waals surface area contributed by atoms with Crippen LogP contribution < -0.4 is 19.7 Å². The topological polar surface area (TPSA) is 93.1 Å². The van der Waals surface area contributed by atoms with Gasteiger partial charge in [0, 0.05) is 31.0 Å². The average molecular weight is 460 g/mol. The van der Waals surface area contributed by atoms with Crippen LogP contribution in [0.1, 0.15) is 32.4 Å². The summed E-state index contributed by atoms with van der Waals surface area (Å²) >= 11 is 0. The molecule has 0 saturated heterocycles. The molecule has 1 atom stereocenters. The van der Waals surface area contributed by atoms with E-state index in [1.165, 1.54) is 19.1 Å². The number of carbonyl (C=O) groups excluding carboxylic acids is 3. The molecular formula is C25H24N4O5. The zero-order valence-electron chi connectivity index (χ0n) is 18.9. The van der Waals surface area contributed by atoms with Gasteiger partial charge >= 0.3 is 0 Å². The fourth-order valence-corrected chi connectivity index (χ4v) is 4.64. The number of anilines is 1. The number of amides is 3. The largest absolute Gasteiger partial charge is 0.493 e. The molecule has 0 radical (unpaired) electrons. The van der Waals surface area contributed by atoms with Crippen LogP contribution in [0.25, 0.3) is 0 Å². The average Bonchev–Trinajstić information content (AvgIpc) is 3.47. The van der Waals surface area contributed by atoms with Gasteiger partial charge in [-0.05, 0) is 30.3 Å². The third-order valence-corrected chi connectivity index (χ3v) is 6.16. The first kappa shape index (κ1) is 21.6. The number of fused-ring (bicyclic) bond motifs is 5. The highest BCUT2D eigenvalue weighted by atomic mass is 16.5. The number of methoxy groups -OCH3 is 2. The molecule has 0 unspecified atom stereocenters. The van der Waals surface area contributed by atoms with Gasteiger partial charge in [0.2, 0.25) is 5.91 Å². The second-order valence-corrected chi connectivity index (χ2v) is 8.04. The molecule has 2 aliphatic heterocycles. The second-order valence-electron chi connectivity index (χ2n) is 8.04. The van der Waals surface area contributed by atoms with Crippen molar-refractivity contribution in [2.75, 3.05) is 32.2 Å². The number of carbonyl (C=O) groups is 3. The smallest absolute Gasteiger partial charge is 0.264 e. The first-order valence-corrected chi connectivity index (χ1v) is 10.9. The fourth-order valence-electron chi connectivity index (χ4n) is 4.64. The molecule has 0 aliphatic carbocycles. The van der Waals surface area contributed by atoms with Gasteiger partial charge in [0.25, 0.3) is 11.8 Å². The fraction of sp³-hybridized carbons (Fsp3) is 0.240. The predicted octanol–water partition coefficient (Wildman–Crippen LogP) is 2.44. The number of hydrogen-bond acceptors (Lipinski definition) is 5. The lowest BCUT2D eigenvalue weighted by molar-refractivity contribution is -0.122. The van der Waals surface area contributed by atoms with Gasteiger partial charge in [-0.1, -0.05) is 18.2 Å².